The molecule has 2 N–H and O–H groups in total. The second-order valence-electron chi connectivity index (χ2n) is 6.00. The lowest BCUT2D eigenvalue weighted by atomic mass is 10.0. The highest BCUT2D eigenvalue weighted by atomic mass is 16.5. The number of carbonyl (C=O) groups excluding carboxylic acids is 1. The Kier molecular flexibility index (Phi) is 4.46. The van der Waals surface area contributed by atoms with Crippen molar-refractivity contribution >= 4 is 17.6 Å². The first-order chi connectivity index (χ1) is 11.9. The molecule has 1 unspecified atom stereocenters. The van der Waals surface area contributed by atoms with E-state index >= 15 is 0 Å². The Bertz CT molecular complexity index is 832. The number of anilines is 1. The second-order valence-corrected chi connectivity index (χ2v) is 6.00. The van der Waals surface area contributed by atoms with E-state index in [4.69, 9.17) is 9.47 Å². The van der Waals surface area contributed by atoms with Crippen LogP contribution in [0.25, 0.3) is 11.1 Å². The first-order valence-corrected chi connectivity index (χ1v) is 7.90. The van der Waals surface area contributed by atoms with E-state index in [0.29, 0.717) is 12.3 Å². The van der Waals surface area contributed by atoms with Crippen molar-refractivity contribution in [3.05, 3.63) is 48.0 Å². The second kappa shape index (κ2) is 6.57. The standard InChI is InChI=1S/C19H19NO5/c1-19(24-2,18(22)23)17(21)20-15-5-3-4-12(11-15)13-6-7-16-14(10-13)8-9-25-16/h3-7,10-11H,8-9H2,1-2H3,(H,20,21)(H,22,23). The minimum absolute atomic E-state index is 0.503. The maximum Gasteiger partial charge on any atom is 0.345 e. The first kappa shape index (κ1) is 17.0. The Labute approximate surface area is 145 Å². The number of rotatable bonds is 5. The number of nitrogens with one attached hydrogen (secondary N) is 1. The molecule has 6 nitrogen and oxygen atoms in total. The maximum absolute atomic E-state index is 12.3. The summed E-state index contributed by atoms with van der Waals surface area (Å²) in [5, 5.41) is 11.8. The molecule has 0 saturated carbocycles. The van der Waals surface area contributed by atoms with Crippen LogP contribution in [0.3, 0.4) is 0 Å². The molecule has 2 aromatic carbocycles. The highest BCUT2D eigenvalue weighted by Crippen LogP contribution is 2.31. The quantitative estimate of drug-likeness (QED) is 0.817. The molecular formula is C19H19NO5. The molecule has 0 bridgehead atoms. The fourth-order valence-electron chi connectivity index (χ4n) is 2.67. The zero-order chi connectivity index (χ0) is 18.0. The van der Waals surface area contributed by atoms with Gasteiger partial charge in [0, 0.05) is 19.2 Å². The number of amides is 1. The first-order valence-electron chi connectivity index (χ1n) is 7.90. The SMILES string of the molecule is COC(C)(C(=O)O)C(=O)Nc1cccc(-c2ccc3c(c2)CCO3)c1. The molecule has 0 spiro atoms. The lowest BCUT2D eigenvalue weighted by Crippen LogP contribution is -2.48. The molecule has 1 heterocycles. The van der Waals surface area contributed by atoms with Gasteiger partial charge in [-0.1, -0.05) is 18.2 Å². The fourth-order valence-corrected chi connectivity index (χ4v) is 2.67. The Morgan fingerprint density at radius 3 is 2.68 bits per heavy atom. The van der Waals surface area contributed by atoms with E-state index in [0.717, 1.165) is 28.9 Å². The molecule has 0 aromatic heterocycles. The van der Waals surface area contributed by atoms with Crippen molar-refractivity contribution in [1.29, 1.82) is 0 Å². The largest absolute Gasteiger partial charge is 0.493 e. The topological polar surface area (TPSA) is 84.9 Å². The zero-order valence-corrected chi connectivity index (χ0v) is 14.0. The monoisotopic (exact) mass is 341 g/mol. The molecule has 1 aliphatic rings. The summed E-state index contributed by atoms with van der Waals surface area (Å²) in [7, 11) is 1.19. The molecule has 1 amide bonds. The molecule has 25 heavy (non-hydrogen) atoms. The minimum Gasteiger partial charge on any atom is -0.493 e. The highest BCUT2D eigenvalue weighted by Gasteiger charge is 2.41. The molecule has 0 fully saturated rings. The van der Waals surface area contributed by atoms with Gasteiger partial charge in [0.1, 0.15) is 5.75 Å². The number of fused-ring (bicyclic) bond motifs is 1. The van der Waals surface area contributed by atoms with Gasteiger partial charge in [-0.3, -0.25) is 4.79 Å². The van der Waals surface area contributed by atoms with Crippen molar-refractivity contribution < 1.29 is 24.2 Å². The van der Waals surface area contributed by atoms with Gasteiger partial charge in [0.2, 0.25) is 5.60 Å². The lowest BCUT2D eigenvalue weighted by Gasteiger charge is -2.22. The summed E-state index contributed by atoms with van der Waals surface area (Å²) in [6, 6.07) is 13.2. The minimum atomic E-state index is -1.94. The van der Waals surface area contributed by atoms with E-state index in [9.17, 15) is 14.7 Å². The molecule has 0 aliphatic carbocycles. The smallest absolute Gasteiger partial charge is 0.345 e. The third-order valence-electron chi connectivity index (χ3n) is 4.39. The summed E-state index contributed by atoms with van der Waals surface area (Å²) in [6.07, 6.45) is 0.879. The summed E-state index contributed by atoms with van der Waals surface area (Å²) in [5.74, 6) is -1.17. The van der Waals surface area contributed by atoms with Gasteiger partial charge in [-0.05, 0) is 47.9 Å². The summed E-state index contributed by atoms with van der Waals surface area (Å²) < 4.78 is 10.4. The number of hydrogen-bond donors (Lipinski definition) is 2. The van der Waals surface area contributed by atoms with Crippen molar-refractivity contribution in [3.8, 4) is 16.9 Å². The molecule has 0 saturated heterocycles. The molecule has 6 heteroatoms. The van der Waals surface area contributed by atoms with Crippen LogP contribution in [0.15, 0.2) is 42.5 Å². The van der Waals surface area contributed by atoms with Crippen molar-refractivity contribution in [1.82, 2.24) is 0 Å². The number of carboxylic acid groups (broad SMARTS) is 1. The van der Waals surface area contributed by atoms with Gasteiger partial charge < -0.3 is 19.9 Å². The van der Waals surface area contributed by atoms with Crippen molar-refractivity contribution in [3.63, 3.8) is 0 Å². The van der Waals surface area contributed by atoms with Crippen LogP contribution in [0.2, 0.25) is 0 Å². The maximum atomic E-state index is 12.3. The van der Waals surface area contributed by atoms with Crippen LogP contribution in [0.1, 0.15) is 12.5 Å². The number of hydrogen-bond acceptors (Lipinski definition) is 4. The predicted molar refractivity (Wildman–Crippen MR) is 92.8 cm³/mol. The van der Waals surface area contributed by atoms with E-state index in [1.807, 2.05) is 18.2 Å². The van der Waals surface area contributed by atoms with E-state index in [1.165, 1.54) is 14.0 Å². The average Bonchev–Trinajstić information content (AvgIpc) is 3.08. The Morgan fingerprint density at radius 1 is 1.20 bits per heavy atom. The van der Waals surface area contributed by atoms with Gasteiger partial charge in [-0.15, -0.1) is 0 Å². The van der Waals surface area contributed by atoms with Gasteiger partial charge in [0.25, 0.3) is 5.91 Å². The van der Waals surface area contributed by atoms with Crippen LogP contribution >= 0.6 is 0 Å². The average molecular weight is 341 g/mol. The van der Waals surface area contributed by atoms with Crippen LogP contribution in [0.4, 0.5) is 5.69 Å². The number of benzene rings is 2. The van der Waals surface area contributed by atoms with E-state index in [2.05, 4.69) is 11.4 Å². The van der Waals surface area contributed by atoms with Crippen LogP contribution in [-0.4, -0.2) is 36.3 Å². The number of ether oxygens (including phenoxy) is 2. The molecule has 3 rings (SSSR count). The summed E-state index contributed by atoms with van der Waals surface area (Å²) in [5.41, 5.74) is 1.64. The lowest BCUT2D eigenvalue weighted by molar-refractivity contribution is -0.165. The number of carbonyl (C=O) groups is 2. The normalized spacial score (nSPS) is 15.0. The molecule has 2 aromatic rings. The number of methoxy groups -OCH3 is 1. The van der Waals surface area contributed by atoms with E-state index in [-0.39, 0.29) is 0 Å². The fraction of sp³-hybridized carbons (Fsp3) is 0.263. The van der Waals surface area contributed by atoms with Gasteiger partial charge in [-0.2, -0.15) is 0 Å². The van der Waals surface area contributed by atoms with Crippen molar-refractivity contribution in [2.24, 2.45) is 0 Å². The summed E-state index contributed by atoms with van der Waals surface area (Å²) >= 11 is 0. The number of aliphatic carboxylic acids is 1. The van der Waals surface area contributed by atoms with Gasteiger partial charge in [0.05, 0.1) is 6.61 Å². The molecule has 1 atom stereocenters. The number of carboxylic acids is 1. The van der Waals surface area contributed by atoms with Crippen molar-refractivity contribution in [2.45, 2.75) is 18.9 Å². The van der Waals surface area contributed by atoms with E-state index in [1.54, 1.807) is 18.2 Å². The predicted octanol–water partition coefficient (Wildman–Crippen LogP) is 2.72. The summed E-state index contributed by atoms with van der Waals surface area (Å²) in [4.78, 5) is 23.6. The Balaban J connectivity index is 1.85. The third kappa shape index (κ3) is 3.21. The molecule has 0 radical (unpaired) electrons. The highest BCUT2D eigenvalue weighted by molar-refractivity contribution is 6.11. The van der Waals surface area contributed by atoms with Crippen LogP contribution in [0.5, 0.6) is 5.75 Å². The Morgan fingerprint density at radius 2 is 1.96 bits per heavy atom. The molecular weight excluding hydrogens is 322 g/mol. The van der Waals surface area contributed by atoms with Crippen LogP contribution < -0.4 is 10.1 Å². The summed E-state index contributed by atoms with van der Waals surface area (Å²) in [6.45, 7) is 1.91. The van der Waals surface area contributed by atoms with E-state index < -0.39 is 17.5 Å². The van der Waals surface area contributed by atoms with Gasteiger partial charge in [-0.25, -0.2) is 4.79 Å². The van der Waals surface area contributed by atoms with Crippen molar-refractivity contribution in [2.75, 3.05) is 19.0 Å². The van der Waals surface area contributed by atoms with Gasteiger partial charge >= 0.3 is 5.97 Å². The van der Waals surface area contributed by atoms with Crippen LogP contribution in [-0.2, 0) is 20.7 Å². The third-order valence-corrected chi connectivity index (χ3v) is 4.39. The Hall–Kier alpha value is -2.86. The zero-order valence-electron chi connectivity index (χ0n) is 14.0. The molecule has 130 valence electrons. The van der Waals surface area contributed by atoms with Gasteiger partial charge in [0.15, 0.2) is 0 Å². The molecule has 1 aliphatic heterocycles. The van der Waals surface area contributed by atoms with Crippen LogP contribution in [0, 0.1) is 0 Å².